The number of carbonyl (C=O) groups excluding carboxylic acids is 2. The molecule has 0 radical (unpaired) electrons. The second-order valence-electron chi connectivity index (χ2n) is 5.68. The van der Waals surface area contributed by atoms with Gasteiger partial charge in [-0.1, -0.05) is 60.1 Å². The highest BCUT2D eigenvalue weighted by atomic mass is 35.5. The lowest BCUT2D eigenvalue weighted by Crippen LogP contribution is -2.14. The van der Waals surface area contributed by atoms with E-state index < -0.39 is 5.97 Å². The van der Waals surface area contributed by atoms with Crippen molar-refractivity contribution < 1.29 is 14.3 Å². The Kier molecular flexibility index (Phi) is 6.69. The van der Waals surface area contributed by atoms with E-state index in [1.165, 1.54) is 0 Å². The van der Waals surface area contributed by atoms with Gasteiger partial charge in [0.05, 0.1) is 5.56 Å². The van der Waals surface area contributed by atoms with Crippen LogP contribution < -0.4 is 0 Å². The number of ketones is 1. The van der Waals surface area contributed by atoms with Crippen LogP contribution in [0.5, 0.6) is 0 Å². The zero-order valence-electron chi connectivity index (χ0n) is 14.4. The molecule has 5 heteroatoms. The summed E-state index contributed by atoms with van der Waals surface area (Å²) >= 11 is 7.43. The molecular weight excluding hydrogens is 380 g/mol. The van der Waals surface area contributed by atoms with Gasteiger partial charge in [-0.2, -0.15) is 0 Å². The molecule has 0 saturated heterocycles. The average molecular weight is 397 g/mol. The molecule has 0 N–H and O–H groups in total. The molecule has 0 aliphatic carbocycles. The molecule has 0 aliphatic rings. The van der Waals surface area contributed by atoms with Crippen LogP contribution in [0.15, 0.2) is 83.8 Å². The van der Waals surface area contributed by atoms with Gasteiger partial charge in [0.2, 0.25) is 0 Å². The summed E-state index contributed by atoms with van der Waals surface area (Å²) in [5, 5.41) is 0.686. The Labute approximate surface area is 167 Å². The van der Waals surface area contributed by atoms with E-state index in [1.807, 2.05) is 30.3 Å². The van der Waals surface area contributed by atoms with Crippen LogP contribution in [0.25, 0.3) is 0 Å². The van der Waals surface area contributed by atoms with Crippen molar-refractivity contribution in [3.63, 3.8) is 0 Å². The largest absolute Gasteiger partial charge is 0.461 e. The van der Waals surface area contributed by atoms with E-state index in [0.717, 1.165) is 4.90 Å². The third kappa shape index (κ3) is 5.22. The van der Waals surface area contributed by atoms with Gasteiger partial charge in [-0.15, -0.1) is 11.8 Å². The maximum absolute atomic E-state index is 12.7. The van der Waals surface area contributed by atoms with Crippen molar-refractivity contribution in [2.75, 3.05) is 12.4 Å². The van der Waals surface area contributed by atoms with E-state index in [1.54, 1.807) is 60.3 Å². The van der Waals surface area contributed by atoms with E-state index in [-0.39, 0.29) is 18.0 Å². The molecule has 27 heavy (non-hydrogen) atoms. The molecule has 3 aromatic carbocycles. The van der Waals surface area contributed by atoms with Crippen molar-refractivity contribution in [3.05, 3.63) is 101 Å². The number of rotatable bonds is 7. The molecule has 0 fully saturated rings. The summed E-state index contributed by atoms with van der Waals surface area (Å²) in [7, 11) is 0. The summed E-state index contributed by atoms with van der Waals surface area (Å²) in [6, 6.07) is 23.1. The minimum absolute atomic E-state index is 0.196. The van der Waals surface area contributed by atoms with Gasteiger partial charge in [0.15, 0.2) is 5.78 Å². The molecule has 0 heterocycles. The minimum atomic E-state index is -0.494. The van der Waals surface area contributed by atoms with Gasteiger partial charge in [-0.3, -0.25) is 4.79 Å². The summed E-state index contributed by atoms with van der Waals surface area (Å²) in [6.07, 6.45) is 0. The van der Waals surface area contributed by atoms with Crippen LogP contribution in [0.4, 0.5) is 0 Å². The van der Waals surface area contributed by atoms with Crippen molar-refractivity contribution in [1.29, 1.82) is 0 Å². The zero-order chi connectivity index (χ0) is 19.1. The quantitative estimate of drug-likeness (QED) is 0.228. The first-order valence-corrected chi connectivity index (χ1v) is 9.76. The topological polar surface area (TPSA) is 43.4 Å². The highest BCUT2D eigenvalue weighted by Gasteiger charge is 2.18. The Morgan fingerprint density at radius 2 is 1.44 bits per heavy atom. The molecule has 0 bridgehead atoms. The second-order valence-corrected chi connectivity index (χ2v) is 7.28. The first-order chi connectivity index (χ1) is 13.1. The van der Waals surface area contributed by atoms with Crippen LogP contribution >= 0.6 is 23.4 Å². The Bertz CT molecular complexity index is 924. The SMILES string of the molecule is O=C(OCCSc1ccc(Cl)cc1)c1ccccc1C(=O)c1ccccc1. The third-order valence-electron chi connectivity index (χ3n) is 3.83. The monoisotopic (exact) mass is 396 g/mol. The molecule has 0 atom stereocenters. The lowest BCUT2D eigenvalue weighted by Gasteiger charge is -2.09. The van der Waals surface area contributed by atoms with Crippen molar-refractivity contribution in [2.24, 2.45) is 0 Å². The zero-order valence-corrected chi connectivity index (χ0v) is 16.0. The van der Waals surface area contributed by atoms with Crippen LogP contribution in [0.3, 0.4) is 0 Å². The lowest BCUT2D eigenvalue weighted by molar-refractivity contribution is 0.0527. The van der Waals surface area contributed by atoms with Gasteiger partial charge in [0.1, 0.15) is 6.61 Å². The lowest BCUT2D eigenvalue weighted by atomic mass is 9.98. The van der Waals surface area contributed by atoms with Crippen LogP contribution in [0.1, 0.15) is 26.3 Å². The fraction of sp³-hybridized carbons (Fsp3) is 0.0909. The summed E-state index contributed by atoms with van der Waals surface area (Å²) in [5.74, 6) is -0.0763. The number of benzene rings is 3. The normalized spacial score (nSPS) is 10.4. The smallest absolute Gasteiger partial charge is 0.338 e. The molecule has 0 unspecified atom stereocenters. The molecule has 0 amide bonds. The van der Waals surface area contributed by atoms with Crippen LogP contribution in [0, 0.1) is 0 Å². The summed E-state index contributed by atoms with van der Waals surface area (Å²) in [5.41, 5.74) is 1.16. The third-order valence-corrected chi connectivity index (χ3v) is 5.05. The molecule has 0 saturated carbocycles. The van der Waals surface area contributed by atoms with Crippen LogP contribution in [-0.2, 0) is 4.74 Å². The second kappa shape index (κ2) is 9.40. The Morgan fingerprint density at radius 3 is 2.15 bits per heavy atom. The predicted molar refractivity (Wildman–Crippen MR) is 109 cm³/mol. The maximum atomic E-state index is 12.7. The molecule has 0 aliphatic heterocycles. The molecule has 3 rings (SSSR count). The minimum Gasteiger partial charge on any atom is -0.461 e. The van der Waals surface area contributed by atoms with Gasteiger partial charge in [-0.25, -0.2) is 4.79 Å². The van der Waals surface area contributed by atoms with Crippen molar-refractivity contribution in [3.8, 4) is 0 Å². The van der Waals surface area contributed by atoms with Gasteiger partial charge in [0.25, 0.3) is 0 Å². The van der Waals surface area contributed by atoms with Gasteiger partial charge >= 0.3 is 5.97 Å². The Hall–Kier alpha value is -2.56. The molecule has 3 aromatic rings. The average Bonchev–Trinajstić information content (AvgIpc) is 2.72. The van der Waals surface area contributed by atoms with Crippen molar-refractivity contribution in [1.82, 2.24) is 0 Å². The molecule has 3 nitrogen and oxygen atoms in total. The van der Waals surface area contributed by atoms with Crippen LogP contribution in [-0.4, -0.2) is 24.1 Å². The Balaban J connectivity index is 1.61. The number of thioether (sulfide) groups is 1. The van der Waals surface area contributed by atoms with E-state index in [2.05, 4.69) is 0 Å². The number of carbonyl (C=O) groups is 2. The highest BCUT2D eigenvalue weighted by Crippen LogP contribution is 2.20. The molecular formula is C22H17ClO3S. The molecule has 0 aromatic heterocycles. The molecule has 0 spiro atoms. The first-order valence-electron chi connectivity index (χ1n) is 8.39. The fourth-order valence-electron chi connectivity index (χ4n) is 2.51. The van der Waals surface area contributed by atoms with Crippen molar-refractivity contribution in [2.45, 2.75) is 4.90 Å². The fourth-order valence-corrected chi connectivity index (χ4v) is 3.36. The Morgan fingerprint density at radius 1 is 0.815 bits per heavy atom. The van der Waals surface area contributed by atoms with E-state index in [4.69, 9.17) is 16.3 Å². The first kappa shape index (κ1) is 19.2. The summed E-state index contributed by atoms with van der Waals surface area (Å²) in [6.45, 7) is 0.250. The number of hydrogen-bond donors (Lipinski definition) is 0. The number of hydrogen-bond acceptors (Lipinski definition) is 4. The summed E-state index contributed by atoms with van der Waals surface area (Å²) < 4.78 is 5.36. The number of halogens is 1. The van der Waals surface area contributed by atoms with E-state index in [0.29, 0.717) is 21.9 Å². The van der Waals surface area contributed by atoms with E-state index in [9.17, 15) is 9.59 Å². The maximum Gasteiger partial charge on any atom is 0.338 e. The standard InChI is InChI=1S/C22H17ClO3S/c23-17-10-12-18(13-11-17)27-15-14-26-22(25)20-9-5-4-8-19(20)21(24)16-6-2-1-3-7-16/h1-13H,14-15H2. The number of esters is 1. The van der Waals surface area contributed by atoms with Gasteiger partial charge < -0.3 is 4.74 Å². The van der Waals surface area contributed by atoms with Gasteiger partial charge in [-0.05, 0) is 30.3 Å². The number of ether oxygens (including phenoxy) is 1. The van der Waals surface area contributed by atoms with Crippen LogP contribution in [0.2, 0.25) is 5.02 Å². The van der Waals surface area contributed by atoms with E-state index >= 15 is 0 Å². The molecule has 136 valence electrons. The van der Waals surface area contributed by atoms with Crippen molar-refractivity contribution >= 4 is 35.1 Å². The predicted octanol–water partition coefficient (Wildman–Crippen LogP) is 5.52. The van der Waals surface area contributed by atoms with Gasteiger partial charge in [0, 0.05) is 26.8 Å². The highest BCUT2D eigenvalue weighted by molar-refractivity contribution is 7.99. The summed E-state index contributed by atoms with van der Waals surface area (Å²) in [4.78, 5) is 26.2.